The van der Waals surface area contributed by atoms with E-state index in [0.717, 1.165) is 62.6 Å². The SMILES string of the molecule is CCn1c(-c2ccc(-c3ccc(-c4cc5ccccc5c5c(-c6ccccc6)c(-c6ccccc6)nn45)cc3)cc2)nc2ccccc21. The molecule has 4 heteroatoms. The van der Waals surface area contributed by atoms with Crippen molar-refractivity contribution >= 4 is 27.3 Å². The van der Waals surface area contributed by atoms with Crippen LogP contribution < -0.4 is 0 Å². The van der Waals surface area contributed by atoms with E-state index in [1.807, 2.05) is 6.07 Å². The van der Waals surface area contributed by atoms with E-state index in [1.165, 1.54) is 27.4 Å². The average Bonchev–Trinajstić information content (AvgIpc) is 3.75. The Kier molecular flexibility index (Phi) is 6.72. The molecule has 9 aromatic rings. The maximum Gasteiger partial charge on any atom is 0.141 e. The van der Waals surface area contributed by atoms with E-state index in [2.05, 4.69) is 174 Å². The maximum absolute atomic E-state index is 5.34. The van der Waals surface area contributed by atoms with Crippen molar-refractivity contribution in [2.24, 2.45) is 0 Å². The van der Waals surface area contributed by atoms with Crippen molar-refractivity contribution in [3.8, 4) is 56.2 Å². The van der Waals surface area contributed by atoms with Crippen molar-refractivity contribution in [2.75, 3.05) is 0 Å². The molecular formula is C44H32N4. The van der Waals surface area contributed by atoms with Gasteiger partial charge < -0.3 is 4.57 Å². The molecule has 3 aromatic heterocycles. The van der Waals surface area contributed by atoms with Crippen LogP contribution in [-0.2, 0) is 6.54 Å². The number of imidazole rings is 1. The van der Waals surface area contributed by atoms with E-state index in [0.29, 0.717) is 0 Å². The number of nitrogens with zero attached hydrogens (tertiary/aromatic N) is 4. The molecule has 6 aromatic carbocycles. The molecule has 0 saturated heterocycles. The number of aryl methyl sites for hydroxylation is 1. The molecule has 0 aliphatic carbocycles. The van der Waals surface area contributed by atoms with Gasteiger partial charge in [0.05, 0.1) is 22.2 Å². The van der Waals surface area contributed by atoms with Crippen molar-refractivity contribution in [3.05, 3.63) is 164 Å². The number of hydrogen-bond acceptors (Lipinski definition) is 2. The Morgan fingerprint density at radius 3 is 1.81 bits per heavy atom. The van der Waals surface area contributed by atoms with Crippen LogP contribution in [0, 0.1) is 0 Å². The summed E-state index contributed by atoms with van der Waals surface area (Å²) in [4.78, 5) is 4.95. The minimum absolute atomic E-state index is 0.872. The molecular weight excluding hydrogens is 585 g/mol. The van der Waals surface area contributed by atoms with Crippen LogP contribution in [-0.4, -0.2) is 19.2 Å². The largest absolute Gasteiger partial charge is 0.324 e. The van der Waals surface area contributed by atoms with Gasteiger partial charge in [-0.05, 0) is 47.2 Å². The van der Waals surface area contributed by atoms with Crippen LogP contribution in [0.25, 0.3) is 83.5 Å². The monoisotopic (exact) mass is 616 g/mol. The fourth-order valence-electron chi connectivity index (χ4n) is 7.03. The summed E-state index contributed by atoms with van der Waals surface area (Å²) >= 11 is 0. The molecule has 228 valence electrons. The van der Waals surface area contributed by atoms with Gasteiger partial charge in [-0.15, -0.1) is 0 Å². The van der Waals surface area contributed by atoms with Crippen LogP contribution in [0.2, 0.25) is 0 Å². The predicted octanol–water partition coefficient (Wildman–Crippen LogP) is 11.2. The molecule has 0 radical (unpaired) electrons. The molecule has 0 spiro atoms. The van der Waals surface area contributed by atoms with Gasteiger partial charge in [-0.2, -0.15) is 5.10 Å². The molecule has 0 amide bonds. The van der Waals surface area contributed by atoms with Crippen molar-refractivity contribution in [1.29, 1.82) is 0 Å². The van der Waals surface area contributed by atoms with E-state index in [4.69, 9.17) is 10.1 Å². The third-order valence-electron chi connectivity index (χ3n) is 9.36. The quantitative estimate of drug-likeness (QED) is 0.186. The topological polar surface area (TPSA) is 35.1 Å². The third-order valence-corrected chi connectivity index (χ3v) is 9.36. The molecule has 4 nitrogen and oxygen atoms in total. The number of pyridine rings is 1. The van der Waals surface area contributed by atoms with Gasteiger partial charge in [0, 0.05) is 34.2 Å². The summed E-state index contributed by atoms with van der Waals surface area (Å²) in [6.45, 7) is 3.04. The first-order valence-electron chi connectivity index (χ1n) is 16.5. The molecule has 0 saturated carbocycles. The van der Waals surface area contributed by atoms with Crippen LogP contribution >= 0.6 is 0 Å². The highest BCUT2D eigenvalue weighted by Gasteiger charge is 2.21. The lowest BCUT2D eigenvalue weighted by atomic mass is 9.96. The van der Waals surface area contributed by atoms with Crippen molar-refractivity contribution in [1.82, 2.24) is 19.2 Å². The maximum atomic E-state index is 5.34. The Hall–Kier alpha value is -6.26. The van der Waals surface area contributed by atoms with Gasteiger partial charge in [0.1, 0.15) is 11.5 Å². The number of benzene rings is 6. The summed E-state index contributed by atoms with van der Waals surface area (Å²) in [6, 6.07) is 58.0. The minimum atomic E-state index is 0.872. The van der Waals surface area contributed by atoms with Crippen LogP contribution in [0.5, 0.6) is 0 Å². The lowest BCUT2D eigenvalue weighted by Crippen LogP contribution is -1.97. The first kappa shape index (κ1) is 28.0. The zero-order valence-corrected chi connectivity index (χ0v) is 26.6. The number of hydrogen-bond donors (Lipinski definition) is 0. The Morgan fingerprint density at radius 1 is 0.521 bits per heavy atom. The molecule has 0 aliphatic rings. The van der Waals surface area contributed by atoms with E-state index >= 15 is 0 Å². The zero-order valence-electron chi connectivity index (χ0n) is 26.6. The van der Waals surface area contributed by atoms with Gasteiger partial charge in [-0.25, -0.2) is 9.50 Å². The van der Waals surface area contributed by atoms with E-state index in [-0.39, 0.29) is 0 Å². The molecule has 0 aliphatic heterocycles. The highest BCUT2D eigenvalue weighted by Crippen LogP contribution is 2.41. The minimum Gasteiger partial charge on any atom is -0.324 e. The second kappa shape index (κ2) is 11.5. The Balaban J connectivity index is 1.15. The fraction of sp³-hybridized carbons (Fsp3) is 0.0455. The smallest absolute Gasteiger partial charge is 0.141 e. The average molecular weight is 617 g/mol. The highest BCUT2D eigenvalue weighted by molar-refractivity contribution is 6.08. The van der Waals surface area contributed by atoms with E-state index < -0.39 is 0 Å². The zero-order chi connectivity index (χ0) is 32.0. The lowest BCUT2D eigenvalue weighted by molar-refractivity contribution is 0.796. The Bertz CT molecular complexity index is 2560. The van der Waals surface area contributed by atoms with Crippen molar-refractivity contribution in [2.45, 2.75) is 13.5 Å². The summed E-state index contributed by atoms with van der Waals surface area (Å²) in [6.07, 6.45) is 0. The van der Waals surface area contributed by atoms with Crippen molar-refractivity contribution < 1.29 is 0 Å². The van der Waals surface area contributed by atoms with Gasteiger partial charge in [-0.1, -0.05) is 146 Å². The first-order chi connectivity index (χ1) is 23.8. The standard InChI is InChI=1S/C44H32N4/c1-2-47-39-20-12-11-19-38(39)45-44(47)35-27-23-31(24-28-35)30-21-25-32(26-22-30)40-29-36-17-9-10-18-37(36)43-41(33-13-5-3-6-14-33)42(46-48(40)43)34-15-7-4-8-16-34/h3-29H,2H2,1H3. The highest BCUT2D eigenvalue weighted by atomic mass is 15.2. The summed E-state index contributed by atoms with van der Waals surface area (Å²) < 4.78 is 4.43. The molecule has 48 heavy (non-hydrogen) atoms. The lowest BCUT2D eigenvalue weighted by Gasteiger charge is -2.11. The Labute approximate surface area is 279 Å². The van der Waals surface area contributed by atoms with Gasteiger partial charge in [0.25, 0.3) is 0 Å². The van der Waals surface area contributed by atoms with Crippen LogP contribution in [0.3, 0.4) is 0 Å². The summed E-state index contributed by atoms with van der Waals surface area (Å²) in [7, 11) is 0. The predicted molar refractivity (Wildman–Crippen MR) is 199 cm³/mol. The summed E-state index contributed by atoms with van der Waals surface area (Å²) in [5.41, 5.74) is 13.3. The molecule has 3 heterocycles. The molecule has 9 rings (SSSR count). The van der Waals surface area contributed by atoms with E-state index in [9.17, 15) is 0 Å². The molecule has 0 fully saturated rings. The number of fused-ring (bicyclic) bond motifs is 4. The number of aromatic nitrogens is 4. The number of para-hydroxylation sites is 2. The fourth-order valence-corrected chi connectivity index (χ4v) is 7.03. The molecule has 0 atom stereocenters. The number of rotatable bonds is 6. The normalized spacial score (nSPS) is 11.5. The summed E-state index contributed by atoms with van der Waals surface area (Å²) in [5, 5.41) is 7.72. The Morgan fingerprint density at radius 2 is 1.10 bits per heavy atom. The van der Waals surface area contributed by atoms with Gasteiger partial charge in [0.15, 0.2) is 0 Å². The van der Waals surface area contributed by atoms with Gasteiger partial charge in [-0.3, -0.25) is 0 Å². The first-order valence-corrected chi connectivity index (χ1v) is 16.5. The third kappa shape index (κ3) is 4.61. The van der Waals surface area contributed by atoms with Crippen LogP contribution in [0.1, 0.15) is 6.92 Å². The van der Waals surface area contributed by atoms with Crippen molar-refractivity contribution in [3.63, 3.8) is 0 Å². The van der Waals surface area contributed by atoms with E-state index in [1.54, 1.807) is 0 Å². The van der Waals surface area contributed by atoms with Gasteiger partial charge >= 0.3 is 0 Å². The summed E-state index contributed by atoms with van der Waals surface area (Å²) in [5.74, 6) is 1.00. The van der Waals surface area contributed by atoms with Gasteiger partial charge in [0.2, 0.25) is 0 Å². The second-order valence-corrected chi connectivity index (χ2v) is 12.2. The molecule has 0 unspecified atom stereocenters. The van der Waals surface area contributed by atoms with Crippen LogP contribution in [0.4, 0.5) is 0 Å². The molecule has 0 bridgehead atoms. The molecule has 0 N–H and O–H groups in total. The van der Waals surface area contributed by atoms with Crippen LogP contribution in [0.15, 0.2) is 164 Å². The second-order valence-electron chi connectivity index (χ2n) is 12.2.